The Bertz CT molecular complexity index is 487. The zero-order valence-corrected chi connectivity index (χ0v) is 12.3. The zero-order chi connectivity index (χ0) is 14.8. The minimum absolute atomic E-state index is 0.289. The van der Waals surface area contributed by atoms with Gasteiger partial charge in [-0.1, -0.05) is 18.2 Å². The summed E-state index contributed by atoms with van der Waals surface area (Å²) >= 11 is 0. The molecule has 1 aromatic rings. The van der Waals surface area contributed by atoms with Crippen LogP contribution in [0.5, 0.6) is 0 Å². The number of hydrogen-bond donors (Lipinski definition) is 1. The van der Waals surface area contributed by atoms with Crippen molar-refractivity contribution >= 4 is 5.97 Å². The van der Waals surface area contributed by atoms with Crippen molar-refractivity contribution in [2.24, 2.45) is 5.41 Å². The molecule has 1 fully saturated rings. The summed E-state index contributed by atoms with van der Waals surface area (Å²) in [5, 5.41) is 3.23. The van der Waals surface area contributed by atoms with Crippen molar-refractivity contribution in [2.45, 2.75) is 39.2 Å². The number of rotatable bonds is 2. The molecule has 0 bridgehead atoms. The molecule has 20 heavy (non-hydrogen) atoms. The fourth-order valence-electron chi connectivity index (χ4n) is 2.42. The van der Waals surface area contributed by atoms with Gasteiger partial charge < -0.3 is 10.1 Å². The van der Waals surface area contributed by atoms with Gasteiger partial charge in [-0.05, 0) is 39.9 Å². The molecule has 0 atom stereocenters. The van der Waals surface area contributed by atoms with Crippen LogP contribution in [-0.2, 0) is 15.1 Å². The predicted molar refractivity (Wildman–Crippen MR) is 75.7 cm³/mol. The summed E-state index contributed by atoms with van der Waals surface area (Å²) in [5.74, 6) is -0.598. The lowest BCUT2D eigenvalue weighted by molar-refractivity contribution is -0.174. The predicted octanol–water partition coefficient (Wildman–Crippen LogP) is 2.99. The van der Waals surface area contributed by atoms with Gasteiger partial charge in [0.05, 0.1) is 5.41 Å². The number of esters is 1. The first-order valence-corrected chi connectivity index (χ1v) is 7.04. The van der Waals surface area contributed by atoms with Gasteiger partial charge in [-0.25, -0.2) is 4.39 Å². The third-order valence-electron chi connectivity index (χ3n) is 3.68. The molecule has 0 amide bonds. The summed E-state index contributed by atoms with van der Waals surface area (Å²) in [6.07, 6.45) is 1.19. The van der Waals surface area contributed by atoms with Gasteiger partial charge in [-0.15, -0.1) is 0 Å². The smallest absolute Gasteiger partial charge is 0.312 e. The molecule has 0 spiro atoms. The monoisotopic (exact) mass is 279 g/mol. The van der Waals surface area contributed by atoms with Crippen LogP contribution in [0.1, 0.15) is 39.2 Å². The first-order valence-electron chi connectivity index (χ1n) is 7.04. The average molecular weight is 279 g/mol. The molecule has 0 saturated carbocycles. The van der Waals surface area contributed by atoms with Gasteiger partial charge in [0, 0.05) is 18.4 Å². The summed E-state index contributed by atoms with van der Waals surface area (Å²) in [5.41, 5.74) is -0.955. The largest absolute Gasteiger partial charge is 0.454 e. The first-order chi connectivity index (χ1) is 9.35. The maximum absolute atomic E-state index is 14.2. The maximum atomic E-state index is 14.2. The molecule has 0 aliphatic carbocycles. The maximum Gasteiger partial charge on any atom is 0.312 e. The highest BCUT2D eigenvalue weighted by Crippen LogP contribution is 2.38. The molecule has 0 aromatic heterocycles. The number of ether oxygens (including phenoxy) is 1. The second kappa shape index (κ2) is 5.52. The lowest BCUT2D eigenvalue weighted by Crippen LogP contribution is -2.45. The van der Waals surface area contributed by atoms with Crippen molar-refractivity contribution in [3.8, 4) is 0 Å². The highest BCUT2D eigenvalue weighted by Gasteiger charge is 2.41. The number of piperidine rings is 1. The number of carbonyl (C=O) groups is 1. The fourth-order valence-corrected chi connectivity index (χ4v) is 2.42. The minimum atomic E-state index is -0.846. The van der Waals surface area contributed by atoms with Crippen LogP contribution < -0.4 is 5.32 Å². The highest BCUT2D eigenvalue weighted by atomic mass is 19.1. The van der Waals surface area contributed by atoms with E-state index in [0.29, 0.717) is 31.5 Å². The lowest BCUT2D eigenvalue weighted by atomic mass is 9.83. The molecule has 1 aliphatic heterocycles. The third-order valence-corrected chi connectivity index (χ3v) is 3.68. The van der Waals surface area contributed by atoms with Crippen molar-refractivity contribution in [3.05, 3.63) is 35.6 Å². The van der Waals surface area contributed by atoms with Crippen molar-refractivity contribution in [3.63, 3.8) is 0 Å². The molecule has 1 saturated heterocycles. The van der Waals surface area contributed by atoms with Crippen molar-refractivity contribution < 1.29 is 13.9 Å². The second-order valence-electron chi connectivity index (χ2n) is 6.36. The van der Waals surface area contributed by atoms with Gasteiger partial charge in [0.1, 0.15) is 11.4 Å². The number of benzene rings is 1. The Hall–Kier alpha value is -1.42. The Balaban J connectivity index is 2.36. The van der Waals surface area contributed by atoms with Crippen molar-refractivity contribution in [1.29, 1.82) is 0 Å². The van der Waals surface area contributed by atoms with Gasteiger partial charge in [0.15, 0.2) is 0 Å². The zero-order valence-electron chi connectivity index (χ0n) is 12.3. The summed E-state index contributed by atoms with van der Waals surface area (Å²) in [7, 11) is 0. The van der Waals surface area contributed by atoms with Crippen LogP contribution in [0.4, 0.5) is 4.39 Å². The van der Waals surface area contributed by atoms with E-state index in [1.807, 2.05) is 20.8 Å². The minimum Gasteiger partial charge on any atom is -0.454 e. The average Bonchev–Trinajstić information content (AvgIpc) is 2.39. The van der Waals surface area contributed by atoms with Crippen LogP contribution in [-0.4, -0.2) is 19.1 Å². The van der Waals surface area contributed by atoms with Crippen LogP contribution in [0.25, 0.3) is 0 Å². The molecule has 1 heterocycles. The fraction of sp³-hybridized carbons (Fsp3) is 0.562. The lowest BCUT2D eigenvalue weighted by Gasteiger charge is -2.39. The van der Waals surface area contributed by atoms with Gasteiger partial charge in [0.25, 0.3) is 0 Å². The summed E-state index contributed by atoms with van der Waals surface area (Å²) in [6, 6.07) is 6.58. The Morgan fingerprint density at radius 2 is 1.85 bits per heavy atom. The van der Waals surface area contributed by atoms with E-state index in [1.165, 1.54) is 6.07 Å². The molecule has 0 unspecified atom stereocenters. The van der Waals surface area contributed by atoms with E-state index in [-0.39, 0.29) is 11.8 Å². The van der Waals surface area contributed by atoms with Crippen LogP contribution >= 0.6 is 0 Å². The van der Waals surface area contributed by atoms with E-state index in [2.05, 4.69) is 5.32 Å². The van der Waals surface area contributed by atoms with E-state index in [1.54, 1.807) is 18.2 Å². The standard InChI is InChI=1S/C16H22FNO2/c1-15(2,3)14(19)20-16(8-10-18-11-9-16)12-6-4-5-7-13(12)17/h4-7,18H,8-11H2,1-3H3. The Morgan fingerprint density at radius 3 is 2.40 bits per heavy atom. The van der Waals surface area contributed by atoms with Crippen LogP contribution in [0.15, 0.2) is 24.3 Å². The van der Waals surface area contributed by atoms with Crippen molar-refractivity contribution in [2.75, 3.05) is 13.1 Å². The topological polar surface area (TPSA) is 38.3 Å². The van der Waals surface area contributed by atoms with E-state index >= 15 is 0 Å². The molecule has 1 aromatic carbocycles. The summed E-state index contributed by atoms with van der Waals surface area (Å²) < 4.78 is 19.9. The van der Waals surface area contributed by atoms with Gasteiger partial charge >= 0.3 is 5.97 Å². The van der Waals surface area contributed by atoms with Gasteiger partial charge in [-0.3, -0.25) is 4.79 Å². The SMILES string of the molecule is CC(C)(C)C(=O)OC1(c2ccccc2F)CCNCC1. The van der Waals surface area contributed by atoms with E-state index < -0.39 is 11.0 Å². The third kappa shape index (κ3) is 3.01. The van der Waals surface area contributed by atoms with Crippen LogP contribution in [0, 0.1) is 11.2 Å². The Morgan fingerprint density at radius 1 is 1.25 bits per heavy atom. The molecule has 3 nitrogen and oxygen atoms in total. The van der Waals surface area contributed by atoms with Gasteiger partial charge in [0.2, 0.25) is 0 Å². The van der Waals surface area contributed by atoms with Crippen LogP contribution in [0.2, 0.25) is 0 Å². The van der Waals surface area contributed by atoms with Crippen LogP contribution in [0.3, 0.4) is 0 Å². The van der Waals surface area contributed by atoms with Gasteiger partial charge in [-0.2, -0.15) is 0 Å². The van der Waals surface area contributed by atoms with E-state index in [0.717, 1.165) is 0 Å². The number of carbonyl (C=O) groups excluding carboxylic acids is 1. The molecule has 4 heteroatoms. The normalized spacial score (nSPS) is 18.6. The number of nitrogens with one attached hydrogen (secondary N) is 1. The molecule has 1 N–H and O–H groups in total. The summed E-state index contributed by atoms with van der Waals surface area (Å²) in [4.78, 5) is 12.3. The molecule has 0 radical (unpaired) electrons. The molecular weight excluding hydrogens is 257 g/mol. The summed E-state index contributed by atoms with van der Waals surface area (Å²) in [6.45, 7) is 6.86. The number of hydrogen-bond acceptors (Lipinski definition) is 3. The molecule has 110 valence electrons. The Labute approximate surface area is 119 Å². The molecule has 1 aliphatic rings. The quantitative estimate of drug-likeness (QED) is 0.846. The van der Waals surface area contributed by atoms with E-state index in [4.69, 9.17) is 4.74 Å². The second-order valence-corrected chi connectivity index (χ2v) is 6.36. The van der Waals surface area contributed by atoms with E-state index in [9.17, 15) is 9.18 Å². The molecule has 2 rings (SSSR count). The first kappa shape index (κ1) is 15.0. The highest BCUT2D eigenvalue weighted by molar-refractivity contribution is 5.76. The Kier molecular flexibility index (Phi) is 4.14. The number of halogens is 1. The van der Waals surface area contributed by atoms with Crippen molar-refractivity contribution in [1.82, 2.24) is 5.32 Å². The molecular formula is C16H22FNO2.